The van der Waals surface area contributed by atoms with Crippen LogP contribution in [0.15, 0.2) is 0 Å². The molecule has 2 rings (SSSR count). The van der Waals surface area contributed by atoms with Crippen LogP contribution in [0.3, 0.4) is 0 Å². The Hall–Kier alpha value is -0.610. The molecule has 0 bridgehead atoms. The van der Waals surface area contributed by atoms with Gasteiger partial charge in [0.25, 0.3) is 0 Å². The molecule has 0 aromatic rings. The van der Waals surface area contributed by atoms with Crippen LogP contribution in [-0.4, -0.2) is 38.4 Å². The molecule has 4 nitrogen and oxygen atoms in total. The van der Waals surface area contributed by atoms with Crippen molar-refractivity contribution in [2.24, 2.45) is 5.92 Å². The van der Waals surface area contributed by atoms with Gasteiger partial charge < -0.3 is 9.47 Å². The number of hydrogen-bond donors (Lipinski definition) is 1. The largest absolute Gasteiger partial charge is 0.468 e. The maximum Gasteiger partial charge on any atom is 0.328 e. The van der Waals surface area contributed by atoms with Gasteiger partial charge in [0.1, 0.15) is 5.54 Å². The summed E-state index contributed by atoms with van der Waals surface area (Å²) in [7, 11) is 3.08. The molecule has 0 amide bonds. The molecule has 1 N–H and O–H groups in total. The Morgan fingerprint density at radius 1 is 1.33 bits per heavy atom. The average molecular weight is 213 g/mol. The molecular weight excluding hydrogens is 194 g/mol. The summed E-state index contributed by atoms with van der Waals surface area (Å²) >= 11 is 0. The SMILES string of the molecule is COCC(NC1CC1)(C(=O)OC)C1CC1. The topological polar surface area (TPSA) is 47.6 Å². The molecule has 2 aliphatic rings. The molecule has 2 fully saturated rings. The number of nitrogens with one attached hydrogen (secondary N) is 1. The van der Waals surface area contributed by atoms with Crippen LogP contribution in [0.1, 0.15) is 25.7 Å². The average Bonchev–Trinajstić information content (AvgIpc) is 3.06. The lowest BCUT2D eigenvalue weighted by Crippen LogP contribution is -2.58. The Morgan fingerprint density at radius 2 is 2.00 bits per heavy atom. The number of hydrogen-bond acceptors (Lipinski definition) is 4. The van der Waals surface area contributed by atoms with E-state index in [9.17, 15) is 4.79 Å². The van der Waals surface area contributed by atoms with Gasteiger partial charge in [0, 0.05) is 13.2 Å². The first-order valence-corrected chi connectivity index (χ1v) is 5.58. The molecule has 0 spiro atoms. The Bertz CT molecular complexity index is 248. The summed E-state index contributed by atoms with van der Waals surface area (Å²) < 4.78 is 10.1. The molecule has 1 atom stereocenters. The fourth-order valence-corrected chi connectivity index (χ4v) is 2.14. The summed E-state index contributed by atoms with van der Waals surface area (Å²) in [6, 6.07) is 0.486. The zero-order valence-electron chi connectivity index (χ0n) is 9.41. The first-order valence-electron chi connectivity index (χ1n) is 5.58. The van der Waals surface area contributed by atoms with E-state index >= 15 is 0 Å². The zero-order chi connectivity index (χ0) is 10.9. The van der Waals surface area contributed by atoms with Gasteiger partial charge >= 0.3 is 5.97 Å². The van der Waals surface area contributed by atoms with E-state index in [0.29, 0.717) is 18.6 Å². The zero-order valence-corrected chi connectivity index (χ0v) is 9.41. The molecule has 1 unspecified atom stereocenters. The van der Waals surface area contributed by atoms with Gasteiger partial charge in [-0.25, -0.2) is 4.79 Å². The Kier molecular flexibility index (Phi) is 2.98. The van der Waals surface area contributed by atoms with Gasteiger partial charge in [-0.3, -0.25) is 5.32 Å². The molecule has 86 valence electrons. The van der Waals surface area contributed by atoms with Crippen LogP contribution >= 0.6 is 0 Å². The lowest BCUT2D eigenvalue weighted by Gasteiger charge is -2.31. The molecule has 2 saturated carbocycles. The maximum absolute atomic E-state index is 11.9. The number of ether oxygens (including phenoxy) is 2. The number of rotatable bonds is 6. The maximum atomic E-state index is 11.9. The van der Waals surface area contributed by atoms with E-state index in [-0.39, 0.29) is 5.97 Å². The van der Waals surface area contributed by atoms with Crippen molar-refractivity contribution in [3.63, 3.8) is 0 Å². The fraction of sp³-hybridized carbons (Fsp3) is 0.909. The second-order valence-electron chi connectivity index (χ2n) is 4.59. The van der Waals surface area contributed by atoms with Crippen LogP contribution in [0.2, 0.25) is 0 Å². The third kappa shape index (κ3) is 2.16. The fourth-order valence-electron chi connectivity index (χ4n) is 2.14. The lowest BCUT2D eigenvalue weighted by molar-refractivity contribution is -0.152. The molecule has 4 heteroatoms. The molecule has 0 aliphatic heterocycles. The summed E-state index contributed by atoms with van der Waals surface area (Å²) in [6.07, 6.45) is 4.51. The van der Waals surface area contributed by atoms with Crippen molar-refractivity contribution in [2.45, 2.75) is 37.3 Å². The van der Waals surface area contributed by atoms with Crippen LogP contribution in [0, 0.1) is 5.92 Å². The Labute approximate surface area is 90.3 Å². The Morgan fingerprint density at radius 3 is 2.40 bits per heavy atom. The van der Waals surface area contributed by atoms with E-state index in [0.717, 1.165) is 25.7 Å². The monoisotopic (exact) mass is 213 g/mol. The van der Waals surface area contributed by atoms with Gasteiger partial charge in [-0.1, -0.05) is 0 Å². The highest BCUT2D eigenvalue weighted by molar-refractivity contribution is 5.82. The minimum absolute atomic E-state index is 0.168. The number of methoxy groups -OCH3 is 2. The summed E-state index contributed by atoms with van der Waals surface area (Å²) in [4.78, 5) is 11.9. The van der Waals surface area contributed by atoms with Crippen LogP contribution in [0.5, 0.6) is 0 Å². The van der Waals surface area contributed by atoms with Gasteiger partial charge in [-0.2, -0.15) is 0 Å². The molecule has 2 aliphatic carbocycles. The smallest absolute Gasteiger partial charge is 0.328 e. The molecule has 15 heavy (non-hydrogen) atoms. The van der Waals surface area contributed by atoms with Gasteiger partial charge in [0.15, 0.2) is 0 Å². The number of carbonyl (C=O) groups is 1. The third-order valence-electron chi connectivity index (χ3n) is 3.23. The van der Waals surface area contributed by atoms with Crippen molar-refractivity contribution in [1.82, 2.24) is 5.32 Å². The van der Waals surface area contributed by atoms with Crippen molar-refractivity contribution in [3.8, 4) is 0 Å². The molecule has 0 saturated heterocycles. The van der Waals surface area contributed by atoms with Crippen LogP contribution < -0.4 is 5.32 Å². The first-order chi connectivity index (χ1) is 7.23. The molecular formula is C11H19NO3. The highest BCUT2D eigenvalue weighted by Crippen LogP contribution is 2.42. The van der Waals surface area contributed by atoms with Crippen molar-refractivity contribution in [3.05, 3.63) is 0 Å². The normalized spacial score (nSPS) is 24.7. The summed E-state index contributed by atoms with van der Waals surface area (Å²) in [5.74, 6) is 0.226. The van der Waals surface area contributed by atoms with Crippen LogP contribution in [0.25, 0.3) is 0 Å². The number of carbonyl (C=O) groups excluding carboxylic acids is 1. The van der Waals surface area contributed by atoms with E-state index in [1.54, 1.807) is 7.11 Å². The van der Waals surface area contributed by atoms with Gasteiger partial charge in [0.05, 0.1) is 13.7 Å². The highest BCUT2D eigenvalue weighted by Gasteiger charge is 2.53. The predicted molar refractivity (Wildman–Crippen MR) is 55.5 cm³/mol. The summed E-state index contributed by atoms with van der Waals surface area (Å²) in [6.45, 7) is 0.418. The standard InChI is InChI=1S/C11H19NO3/c1-14-7-11(8-3-4-8,10(13)15-2)12-9-5-6-9/h8-9,12H,3-7H2,1-2H3. The minimum Gasteiger partial charge on any atom is -0.468 e. The van der Waals surface area contributed by atoms with Gasteiger partial charge in [-0.15, -0.1) is 0 Å². The molecule has 0 aromatic heterocycles. The Balaban J connectivity index is 2.10. The second-order valence-corrected chi connectivity index (χ2v) is 4.59. The van der Waals surface area contributed by atoms with Crippen molar-refractivity contribution in [2.75, 3.05) is 20.8 Å². The number of esters is 1. The second kappa shape index (κ2) is 4.10. The summed E-state index contributed by atoms with van der Waals surface area (Å²) in [5.41, 5.74) is -0.579. The van der Waals surface area contributed by atoms with Gasteiger partial charge in [0.2, 0.25) is 0 Å². The summed E-state index contributed by atoms with van der Waals surface area (Å²) in [5, 5.41) is 3.42. The van der Waals surface area contributed by atoms with Crippen molar-refractivity contribution in [1.29, 1.82) is 0 Å². The highest BCUT2D eigenvalue weighted by atomic mass is 16.5. The molecule has 0 heterocycles. The predicted octanol–water partition coefficient (Wildman–Crippen LogP) is 0.707. The minimum atomic E-state index is -0.579. The van der Waals surface area contributed by atoms with Crippen LogP contribution in [-0.2, 0) is 14.3 Å². The third-order valence-corrected chi connectivity index (χ3v) is 3.23. The quantitative estimate of drug-likeness (QED) is 0.660. The van der Waals surface area contributed by atoms with E-state index in [4.69, 9.17) is 9.47 Å². The lowest BCUT2D eigenvalue weighted by atomic mass is 9.94. The first kappa shape index (κ1) is 10.9. The van der Waals surface area contributed by atoms with Crippen molar-refractivity contribution < 1.29 is 14.3 Å². The van der Waals surface area contributed by atoms with Gasteiger partial charge in [-0.05, 0) is 31.6 Å². The molecule has 0 aromatic carbocycles. The molecule has 0 radical (unpaired) electrons. The van der Waals surface area contributed by atoms with E-state index in [1.165, 1.54) is 7.11 Å². The van der Waals surface area contributed by atoms with Crippen molar-refractivity contribution >= 4 is 5.97 Å². The van der Waals surface area contributed by atoms with E-state index in [1.807, 2.05) is 0 Å². The van der Waals surface area contributed by atoms with Crippen LogP contribution in [0.4, 0.5) is 0 Å². The van der Waals surface area contributed by atoms with E-state index in [2.05, 4.69) is 5.32 Å². The van der Waals surface area contributed by atoms with E-state index < -0.39 is 5.54 Å².